The quantitative estimate of drug-likeness (QED) is 0.705. The molecule has 0 spiro atoms. The molecule has 1 fully saturated rings. The molecule has 0 unspecified atom stereocenters. The maximum absolute atomic E-state index is 12.0. The SMILES string of the molecule is CCS(=O)(=O)Nc1ccc(N[C@H]2CC[C@H](C)CC2)c(-c2cc(C)nc(C)c2)c1. The fourth-order valence-corrected chi connectivity index (χ4v) is 4.47. The molecular formula is C22H31N3O2S. The van der Waals surface area contributed by atoms with E-state index >= 15 is 0 Å². The first-order valence-electron chi connectivity index (χ1n) is 10.1. The number of hydrogen-bond donors (Lipinski definition) is 2. The summed E-state index contributed by atoms with van der Waals surface area (Å²) in [5, 5.41) is 3.71. The number of nitrogens with one attached hydrogen (secondary N) is 2. The third kappa shape index (κ3) is 5.25. The summed E-state index contributed by atoms with van der Waals surface area (Å²) in [4.78, 5) is 4.48. The van der Waals surface area contributed by atoms with Crippen molar-refractivity contribution in [2.24, 2.45) is 5.92 Å². The van der Waals surface area contributed by atoms with Gasteiger partial charge >= 0.3 is 0 Å². The molecule has 28 heavy (non-hydrogen) atoms. The number of nitrogens with zero attached hydrogens (tertiary/aromatic N) is 1. The van der Waals surface area contributed by atoms with Crippen molar-refractivity contribution >= 4 is 21.4 Å². The first-order chi connectivity index (χ1) is 13.3. The maximum atomic E-state index is 12.0. The molecule has 1 heterocycles. The maximum Gasteiger partial charge on any atom is 0.232 e. The van der Waals surface area contributed by atoms with E-state index < -0.39 is 10.0 Å². The summed E-state index contributed by atoms with van der Waals surface area (Å²) < 4.78 is 26.7. The van der Waals surface area contributed by atoms with Crippen molar-refractivity contribution < 1.29 is 8.42 Å². The van der Waals surface area contributed by atoms with Gasteiger partial charge in [-0.05, 0) is 88.3 Å². The van der Waals surface area contributed by atoms with Crippen molar-refractivity contribution in [2.75, 3.05) is 15.8 Å². The van der Waals surface area contributed by atoms with Crippen LogP contribution in [-0.4, -0.2) is 25.2 Å². The average Bonchev–Trinajstić information content (AvgIpc) is 2.64. The predicted octanol–water partition coefficient (Wildman–Crippen LogP) is 5.12. The molecule has 0 aliphatic heterocycles. The summed E-state index contributed by atoms with van der Waals surface area (Å²) in [6, 6.07) is 10.3. The molecule has 2 aromatic rings. The molecule has 0 bridgehead atoms. The minimum absolute atomic E-state index is 0.0517. The molecule has 152 valence electrons. The molecule has 2 N–H and O–H groups in total. The summed E-state index contributed by atoms with van der Waals surface area (Å²) >= 11 is 0. The van der Waals surface area contributed by atoms with Crippen molar-refractivity contribution in [3.05, 3.63) is 41.7 Å². The van der Waals surface area contributed by atoms with Crippen LogP contribution in [0.5, 0.6) is 0 Å². The Morgan fingerprint density at radius 1 is 1.04 bits per heavy atom. The van der Waals surface area contributed by atoms with E-state index in [1.807, 2.05) is 32.0 Å². The minimum Gasteiger partial charge on any atom is -0.382 e. The Hall–Kier alpha value is -2.08. The van der Waals surface area contributed by atoms with Gasteiger partial charge in [-0.15, -0.1) is 0 Å². The van der Waals surface area contributed by atoms with Gasteiger partial charge in [0, 0.05) is 34.4 Å². The van der Waals surface area contributed by atoms with Crippen molar-refractivity contribution in [2.45, 2.75) is 59.4 Å². The number of sulfonamides is 1. The van der Waals surface area contributed by atoms with Crippen LogP contribution in [0.2, 0.25) is 0 Å². The van der Waals surface area contributed by atoms with Gasteiger partial charge in [-0.1, -0.05) is 6.92 Å². The number of aromatic nitrogens is 1. The normalized spacial score (nSPS) is 20.0. The Labute approximate surface area is 169 Å². The van der Waals surface area contributed by atoms with Crippen molar-refractivity contribution in [1.29, 1.82) is 0 Å². The second-order valence-electron chi connectivity index (χ2n) is 8.01. The molecule has 1 saturated carbocycles. The van der Waals surface area contributed by atoms with Crippen molar-refractivity contribution in [3.63, 3.8) is 0 Å². The topological polar surface area (TPSA) is 71.1 Å². The molecule has 6 heteroatoms. The lowest BCUT2D eigenvalue weighted by Gasteiger charge is -2.29. The molecule has 0 atom stereocenters. The molecule has 5 nitrogen and oxygen atoms in total. The average molecular weight is 402 g/mol. The number of benzene rings is 1. The van der Waals surface area contributed by atoms with Gasteiger partial charge in [-0.25, -0.2) is 8.42 Å². The van der Waals surface area contributed by atoms with Crippen LogP contribution in [0.4, 0.5) is 11.4 Å². The van der Waals surface area contributed by atoms with E-state index in [0.29, 0.717) is 11.7 Å². The van der Waals surface area contributed by atoms with Crippen LogP contribution in [0.25, 0.3) is 11.1 Å². The first-order valence-corrected chi connectivity index (χ1v) is 11.8. The summed E-state index contributed by atoms with van der Waals surface area (Å²) in [6.45, 7) is 7.92. The van der Waals surface area contributed by atoms with Crippen LogP contribution in [0.1, 0.15) is 50.9 Å². The molecule has 3 rings (SSSR count). The highest BCUT2D eigenvalue weighted by Crippen LogP contribution is 2.34. The fraction of sp³-hybridized carbons (Fsp3) is 0.500. The van der Waals surface area contributed by atoms with E-state index in [2.05, 4.69) is 34.1 Å². The Morgan fingerprint density at radius 2 is 1.68 bits per heavy atom. The Bertz CT molecular complexity index is 913. The zero-order valence-electron chi connectivity index (χ0n) is 17.2. The highest BCUT2D eigenvalue weighted by atomic mass is 32.2. The minimum atomic E-state index is -3.32. The van der Waals surface area contributed by atoms with Gasteiger partial charge in [-0.3, -0.25) is 9.71 Å². The van der Waals surface area contributed by atoms with Crippen LogP contribution < -0.4 is 10.0 Å². The lowest BCUT2D eigenvalue weighted by atomic mass is 9.87. The highest BCUT2D eigenvalue weighted by Gasteiger charge is 2.20. The molecule has 0 amide bonds. The Balaban J connectivity index is 1.98. The van der Waals surface area contributed by atoms with Crippen LogP contribution in [0.15, 0.2) is 30.3 Å². The van der Waals surface area contributed by atoms with E-state index in [4.69, 9.17) is 0 Å². The van der Waals surface area contributed by atoms with Gasteiger partial charge in [0.15, 0.2) is 0 Å². The van der Waals surface area contributed by atoms with E-state index in [1.165, 1.54) is 25.7 Å². The highest BCUT2D eigenvalue weighted by molar-refractivity contribution is 7.92. The Kier molecular flexibility index (Phi) is 6.28. The van der Waals surface area contributed by atoms with E-state index in [-0.39, 0.29) is 5.75 Å². The third-order valence-corrected chi connectivity index (χ3v) is 6.75. The van der Waals surface area contributed by atoms with Gasteiger partial charge < -0.3 is 5.32 Å². The molecule has 0 radical (unpaired) electrons. The molecule has 1 aliphatic rings. The first kappa shape index (κ1) is 20.6. The summed E-state index contributed by atoms with van der Waals surface area (Å²) in [6.07, 6.45) is 4.82. The summed E-state index contributed by atoms with van der Waals surface area (Å²) in [5.74, 6) is 0.852. The van der Waals surface area contributed by atoms with E-state index in [9.17, 15) is 8.42 Å². The monoisotopic (exact) mass is 401 g/mol. The van der Waals surface area contributed by atoms with E-state index in [1.54, 1.807) is 6.92 Å². The zero-order chi connectivity index (χ0) is 20.3. The Morgan fingerprint density at radius 3 is 2.29 bits per heavy atom. The van der Waals surface area contributed by atoms with Gasteiger partial charge in [-0.2, -0.15) is 0 Å². The van der Waals surface area contributed by atoms with Gasteiger partial charge in [0.2, 0.25) is 10.0 Å². The molecule has 1 aromatic heterocycles. The van der Waals surface area contributed by atoms with Crippen LogP contribution in [-0.2, 0) is 10.0 Å². The summed E-state index contributed by atoms with van der Waals surface area (Å²) in [7, 11) is -3.32. The lowest BCUT2D eigenvalue weighted by Crippen LogP contribution is -2.25. The van der Waals surface area contributed by atoms with Crippen LogP contribution in [0, 0.1) is 19.8 Å². The molecule has 1 aliphatic carbocycles. The second kappa shape index (κ2) is 8.52. The van der Waals surface area contributed by atoms with Gasteiger partial charge in [0.1, 0.15) is 0 Å². The summed E-state index contributed by atoms with van der Waals surface area (Å²) in [5.41, 5.74) is 5.59. The van der Waals surface area contributed by atoms with Gasteiger partial charge in [0.05, 0.1) is 5.75 Å². The lowest BCUT2D eigenvalue weighted by molar-refractivity contribution is 0.361. The van der Waals surface area contributed by atoms with Crippen LogP contribution >= 0.6 is 0 Å². The molecular weight excluding hydrogens is 370 g/mol. The molecule has 0 saturated heterocycles. The second-order valence-corrected chi connectivity index (χ2v) is 10.0. The third-order valence-electron chi connectivity index (χ3n) is 5.44. The van der Waals surface area contributed by atoms with Gasteiger partial charge in [0.25, 0.3) is 0 Å². The zero-order valence-corrected chi connectivity index (χ0v) is 18.1. The molecule has 1 aromatic carbocycles. The predicted molar refractivity (Wildman–Crippen MR) is 117 cm³/mol. The smallest absolute Gasteiger partial charge is 0.232 e. The largest absolute Gasteiger partial charge is 0.382 e. The standard InChI is InChI=1S/C22H31N3O2S/c1-5-28(26,27)25-20-10-11-22(24-19-8-6-15(2)7-9-19)21(14-20)18-12-16(3)23-17(4)13-18/h10-15,19,24-25H,5-9H2,1-4H3/t15-,19-. The van der Waals surface area contributed by atoms with E-state index in [0.717, 1.165) is 34.1 Å². The fourth-order valence-electron chi connectivity index (χ4n) is 3.84. The number of hydrogen-bond acceptors (Lipinski definition) is 4. The number of rotatable bonds is 6. The number of anilines is 2. The number of aryl methyl sites for hydroxylation is 2. The number of pyridine rings is 1. The van der Waals surface area contributed by atoms with Crippen molar-refractivity contribution in [3.8, 4) is 11.1 Å². The van der Waals surface area contributed by atoms with Crippen LogP contribution in [0.3, 0.4) is 0 Å². The van der Waals surface area contributed by atoms with Crippen molar-refractivity contribution in [1.82, 2.24) is 4.98 Å².